The van der Waals surface area contributed by atoms with Gasteiger partial charge in [-0.25, -0.2) is 4.98 Å². The van der Waals surface area contributed by atoms with Crippen LogP contribution in [0.15, 0.2) is 18.3 Å². The third-order valence-corrected chi connectivity index (χ3v) is 4.21. The van der Waals surface area contributed by atoms with Crippen LogP contribution in [0, 0.1) is 0 Å². The average molecular weight is 382 g/mol. The Hall–Kier alpha value is -2.71. The van der Waals surface area contributed by atoms with E-state index in [1.54, 1.807) is 13.2 Å². The van der Waals surface area contributed by atoms with Crippen molar-refractivity contribution in [1.29, 1.82) is 0 Å². The number of hydrogen-bond acceptors (Lipinski definition) is 6. The second-order valence-corrected chi connectivity index (χ2v) is 6.22. The van der Waals surface area contributed by atoms with Gasteiger partial charge in [0.05, 0.1) is 14.2 Å². The van der Waals surface area contributed by atoms with E-state index in [4.69, 9.17) is 9.47 Å². The number of aromatic nitrogens is 2. The van der Waals surface area contributed by atoms with Gasteiger partial charge in [-0.2, -0.15) is 18.2 Å². The molecular weight excluding hydrogens is 361 g/mol. The summed E-state index contributed by atoms with van der Waals surface area (Å²) in [5.41, 5.74) is 0.616. The van der Waals surface area contributed by atoms with Gasteiger partial charge < -0.3 is 20.1 Å². The molecule has 2 aromatic rings. The minimum absolute atomic E-state index is 0.0293. The topological polar surface area (TPSA) is 68.3 Å². The predicted molar refractivity (Wildman–Crippen MR) is 95.9 cm³/mol. The van der Waals surface area contributed by atoms with Gasteiger partial charge in [0.2, 0.25) is 5.95 Å². The van der Waals surface area contributed by atoms with Crippen LogP contribution in [0.2, 0.25) is 0 Å². The number of alkyl halides is 3. The molecule has 0 spiro atoms. The highest BCUT2D eigenvalue weighted by Gasteiger charge is 2.36. The molecule has 146 valence electrons. The van der Waals surface area contributed by atoms with Crippen LogP contribution in [0.5, 0.6) is 11.5 Å². The number of methoxy groups -OCH3 is 2. The predicted octanol–water partition coefficient (Wildman–Crippen LogP) is 4.39. The molecule has 0 saturated heterocycles. The first-order chi connectivity index (χ1) is 12.9. The molecule has 1 saturated carbocycles. The Morgan fingerprint density at radius 1 is 1.19 bits per heavy atom. The van der Waals surface area contributed by atoms with Crippen molar-refractivity contribution in [2.45, 2.75) is 38.4 Å². The second kappa shape index (κ2) is 7.50. The molecule has 9 heteroatoms. The Balaban J connectivity index is 1.93. The normalized spacial score (nSPS) is 14.0. The maximum absolute atomic E-state index is 13.2. The van der Waals surface area contributed by atoms with Crippen molar-refractivity contribution in [3.05, 3.63) is 29.5 Å². The second-order valence-electron chi connectivity index (χ2n) is 6.22. The Morgan fingerprint density at radius 2 is 1.93 bits per heavy atom. The Labute approximate surface area is 155 Å². The highest BCUT2D eigenvalue weighted by Crippen LogP contribution is 2.38. The number of benzene rings is 1. The van der Waals surface area contributed by atoms with Crippen molar-refractivity contribution < 1.29 is 22.6 Å². The molecular formula is C18H21F3N4O2. The lowest BCUT2D eigenvalue weighted by atomic mass is 10.1. The third-order valence-electron chi connectivity index (χ3n) is 4.21. The first kappa shape index (κ1) is 19.1. The van der Waals surface area contributed by atoms with E-state index in [-0.39, 0.29) is 17.8 Å². The van der Waals surface area contributed by atoms with E-state index >= 15 is 0 Å². The zero-order chi connectivity index (χ0) is 19.6. The molecule has 1 heterocycles. The zero-order valence-corrected chi connectivity index (χ0v) is 15.3. The highest BCUT2D eigenvalue weighted by atomic mass is 19.4. The van der Waals surface area contributed by atoms with Gasteiger partial charge >= 0.3 is 6.18 Å². The first-order valence-electron chi connectivity index (χ1n) is 8.58. The van der Waals surface area contributed by atoms with Crippen molar-refractivity contribution in [3.63, 3.8) is 0 Å². The van der Waals surface area contributed by atoms with Crippen molar-refractivity contribution in [3.8, 4) is 11.5 Å². The molecule has 0 radical (unpaired) electrons. The van der Waals surface area contributed by atoms with Gasteiger partial charge in [-0.3, -0.25) is 0 Å². The van der Waals surface area contributed by atoms with E-state index in [1.165, 1.54) is 7.11 Å². The van der Waals surface area contributed by atoms with E-state index in [9.17, 15) is 13.2 Å². The van der Waals surface area contributed by atoms with E-state index in [2.05, 4.69) is 20.6 Å². The molecule has 0 amide bonds. The molecule has 6 nitrogen and oxygen atoms in total. The summed E-state index contributed by atoms with van der Waals surface area (Å²) in [6, 6.07) is 3.55. The summed E-state index contributed by atoms with van der Waals surface area (Å²) in [5, 5.41) is 5.78. The summed E-state index contributed by atoms with van der Waals surface area (Å²) in [5.74, 6) is 0.997. The lowest BCUT2D eigenvalue weighted by Crippen LogP contribution is -2.15. The lowest BCUT2D eigenvalue weighted by Gasteiger charge is -2.16. The molecule has 2 N–H and O–H groups in total. The molecule has 27 heavy (non-hydrogen) atoms. The first-order valence-corrected chi connectivity index (χ1v) is 8.58. The van der Waals surface area contributed by atoms with Gasteiger partial charge in [0, 0.05) is 24.0 Å². The molecule has 0 atom stereocenters. The van der Waals surface area contributed by atoms with Crippen molar-refractivity contribution >= 4 is 17.5 Å². The SMILES string of the molecule is CCc1cc(Nc2ncc(C(F)(F)F)c(NC3CC3)n2)cc(OC)c1OC. The van der Waals surface area contributed by atoms with E-state index in [0.29, 0.717) is 23.6 Å². The van der Waals surface area contributed by atoms with E-state index in [0.717, 1.165) is 24.6 Å². The summed E-state index contributed by atoms with van der Waals surface area (Å²) in [6.45, 7) is 1.97. The van der Waals surface area contributed by atoms with Crippen LogP contribution in [-0.4, -0.2) is 30.2 Å². The average Bonchev–Trinajstić information content (AvgIpc) is 3.44. The van der Waals surface area contributed by atoms with Gasteiger partial charge in [0.15, 0.2) is 11.5 Å². The van der Waals surface area contributed by atoms with Crippen molar-refractivity contribution in [2.24, 2.45) is 0 Å². The number of ether oxygens (including phenoxy) is 2. The quantitative estimate of drug-likeness (QED) is 0.740. The fourth-order valence-electron chi connectivity index (χ4n) is 2.69. The summed E-state index contributed by atoms with van der Waals surface area (Å²) in [7, 11) is 3.08. The number of aryl methyl sites for hydroxylation is 1. The van der Waals surface area contributed by atoms with Gasteiger partial charge in [0.1, 0.15) is 11.4 Å². The Bertz CT molecular complexity index is 798. The maximum atomic E-state index is 13.2. The van der Waals surface area contributed by atoms with Crippen LogP contribution in [0.25, 0.3) is 0 Å². The zero-order valence-electron chi connectivity index (χ0n) is 15.3. The van der Waals surface area contributed by atoms with Crippen LogP contribution in [0.3, 0.4) is 0 Å². The maximum Gasteiger partial charge on any atom is 0.421 e. The van der Waals surface area contributed by atoms with Crippen molar-refractivity contribution in [1.82, 2.24) is 9.97 Å². The van der Waals surface area contributed by atoms with Crippen LogP contribution < -0.4 is 20.1 Å². The molecule has 0 aliphatic heterocycles. The molecule has 1 aliphatic carbocycles. The van der Waals surface area contributed by atoms with E-state index < -0.39 is 11.7 Å². The number of halogens is 3. The molecule has 3 rings (SSSR count). The number of rotatable bonds is 7. The summed E-state index contributed by atoms with van der Waals surface area (Å²) < 4.78 is 50.3. The monoisotopic (exact) mass is 382 g/mol. The number of hydrogen-bond donors (Lipinski definition) is 2. The van der Waals surface area contributed by atoms with Gasteiger partial charge in [-0.05, 0) is 30.9 Å². The number of nitrogens with one attached hydrogen (secondary N) is 2. The number of nitrogens with zero attached hydrogens (tertiary/aromatic N) is 2. The fraction of sp³-hybridized carbons (Fsp3) is 0.444. The molecule has 0 unspecified atom stereocenters. The summed E-state index contributed by atoms with van der Waals surface area (Å²) >= 11 is 0. The van der Waals surface area contributed by atoms with Crippen LogP contribution in [0.4, 0.5) is 30.6 Å². The molecule has 1 aromatic carbocycles. The van der Waals surface area contributed by atoms with Gasteiger partial charge in [-0.1, -0.05) is 6.92 Å². The standard InChI is InChI=1S/C18H21F3N4O2/c1-4-10-7-12(8-14(26-2)15(10)27-3)24-17-22-9-13(18(19,20)21)16(25-17)23-11-5-6-11/h7-9,11H,4-6H2,1-3H3,(H2,22,23,24,25). The van der Waals surface area contributed by atoms with Crippen molar-refractivity contribution in [2.75, 3.05) is 24.9 Å². The van der Waals surface area contributed by atoms with Crippen LogP contribution in [-0.2, 0) is 12.6 Å². The van der Waals surface area contributed by atoms with E-state index in [1.807, 2.05) is 13.0 Å². The molecule has 0 bridgehead atoms. The minimum atomic E-state index is -4.52. The lowest BCUT2D eigenvalue weighted by molar-refractivity contribution is -0.137. The molecule has 1 aromatic heterocycles. The Morgan fingerprint density at radius 3 is 2.48 bits per heavy atom. The molecule has 1 aliphatic rings. The summed E-state index contributed by atoms with van der Waals surface area (Å²) in [4.78, 5) is 7.87. The third kappa shape index (κ3) is 4.35. The Kier molecular flexibility index (Phi) is 5.29. The number of anilines is 3. The van der Waals surface area contributed by atoms with Crippen LogP contribution >= 0.6 is 0 Å². The van der Waals surface area contributed by atoms with Crippen LogP contribution in [0.1, 0.15) is 30.9 Å². The minimum Gasteiger partial charge on any atom is -0.493 e. The molecule has 1 fully saturated rings. The van der Waals surface area contributed by atoms with Gasteiger partial charge in [0.25, 0.3) is 0 Å². The largest absolute Gasteiger partial charge is 0.493 e. The fourth-order valence-corrected chi connectivity index (χ4v) is 2.69. The smallest absolute Gasteiger partial charge is 0.421 e. The highest BCUT2D eigenvalue weighted by molar-refractivity contribution is 5.64. The summed E-state index contributed by atoms with van der Waals surface area (Å²) in [6.07, 6.45) is -1.37. The van der Waals surface area contributed by atoms with Gasteiger partial charge in [-0.15, -0.1) is 0 Å².